The van der Waals surface area contributed by atoms with Crippen molar-refractivity contribution in [3.63, 3.8) is 0 Å². The minimum atomic E-state index is 0.669. The van der Waals surface area contributed by atoms with Gasteiger partial charge in [-0.05, 0) is 27.6 Å². The first-order chi connectivity index (χ1) is 7.84. The molecule has 0 bridgehead atoms. The van der Waals surface area contributed by atoms with E-state index in [9.17, 15) is 0 Å². The van der Waals surface area contributed by atoms with Crippen LogP contribution in [-0.2, 0) is 6.42 Å². The number of hydrogen-bond acceptors (Lipinski definition) is 2. The second-order valence-corrected chi connectivity index (χ2v) is 4.34. The lowest BCUT2D eigenvalue weighted by Gasteiger charge is -2.05. The molecule has 82 valence electrons. The Hall–Kier alpha value is -1.35. The number of halogens is 1. The fourth-order valence-corrected chi connectivity index (χ4v) is 1.75. The highest BCUT2D eigenvalue weighted by Crippen LogP contribution is 2.15. The highest BCUT2D eigenvalue weighted by atomic mass is 79.9. The summed E-state index contributed by atoms with van der Waals surface area (Å²) in [7, 11) is 0. The van der Waals surface area contributed by atoms with Gasteiger partial charge in [0.25, 0.3) is 0 Å². The van der Waals surface area contributed by atoms with Gasteiger partial charge >= 0.3 is 0 Å². The van der Waals surface area contributed by atoms with Gasteiger partial charge in [0, 0.05) is 17.1 Å². The van der Waals surface area contributed by atoms with Crippen molar-refractivity contribution in [2.24, 2.45) is 0 Å². The molecule has 0 spiro atoms. The van der Waals surface area contributed by atoms with E-state index in [1.165, 1.54) is 5.56 Å². The molecular weight excluding hydrogens is 266 g/mol. The van der Waals surface area contributed by atoms with Gasteiger partial charge in [-0.3, -0.25) is 4.98 Å². The van der Waals surface area contributed by atoms with Crippen LogP contribution in [-0.4, -0.2) is 11.6 Å². The van der Waals surface area contributed by atoms with E-state index in [0.717, 1.165) is 16.6 Å². The largest absolute Gasteiger partial charge is 0.492 e. The number of hydrogen-bond donors (Lipinski definition) is 0. The van der Waals surface area contributed by atoms with E-state index in [2.05, 4.69) is 33.0 Å². The summed E-state index contributed by atoms with van der Waals surface area (Å²) in [5, 5.41) is 0. The average molecular weight is 278 g/mol. The second kappa shape index (κ2) is 5.66. The minimum absolute atomic E-state index is 0.669. The molecule has 0 unspecified atom stereocenters. The molecular formula is C13H12BrNO. The summed E-state index contributed by atoms with van der Waals surface area (Å²) >= 11 is 3.36. The molecule has 0 aliphatic rings. The van der Waals surface area contributed by atoms with Gasteiger partial charge in [-0.15, -0.1) is 0 Å². The molecule has 3 heteroatoms. The van der Waals surface area contributed by atoms with Crippen LogP contribution in [0.1, 0.15) is 5.56 Å². The SMILES string of the molecule is Brc1cncc(OCCc2ccccc2)c1. The molecule has 0 aliphatic carbocycles. The quantitative estimate of drug-likeness (QED) is 0.854. The van der Waals surface area contributed by atoms with E-state index in [1.54, 1.807) is 12.4 Å². The van der Waals surface area contributed by atoms with Gasteiger partial charge in [0.2, 0.25) is 0 Å². The van der Waals surface area contributed by atoms with Gasteiger partial charge in [-0.1, -0.05) is 30.3 Å². The maximum Gasteiger partial charge on any atom is 0.138 e. The van der Waals surface area contributed by atoms with Gasteiger partial charge in [-0.25, -0.2) is 0 Å². The van der Waals surface area contributed by atoms with Gasteiger partial charge < -0.3 is 4.74 Å². The van der Waals surface area contributed by atoms with Crippen LogP contribution >= 0.6 is 15.9 Å². The van der Waals surface area contributed by atoms with Crippen molar-refractivity contribution >= 4 is 15.9 Å². The lowest BCUT2D eigenvalue weighted by atomic mass is 10.2. The number of nitrogens with zero attached hydrogens (tertiary/aromatic N) is 1. The van der Waals surface area contributed by atoms with Crippen molar-refractivity contribution in [3.05, 3.63) is 58.8 Å². The van der Waals surface area contributed by atoms with Crippen LogP contribution in [0.15, 0.2) is 53.3 Å². The van der Waals surface area contributed by atoms with Crippen LogP contribution in [0.5, 0.6) is 5.75 Å². The van der Waals surface area contributed by atoms with Crippen molar-refractivity contribution < 1.29 is 4.74 Å². The lowest BCUT2D eigenvalue weighted by Crippen LogP contribution is -2.01. The third kappa shape index (κ3) is 3.35. The van der Waals surface area contributed by atoms with Crippen LogP contribution in [0.3, 0.4) is 0 Å². The van der Waals surface area contributed by atoms with E-state index < -0.39 is 0 Å². The molecule has 1 heterocycles. The summed E-state index contributed by atoms with van der Waals surface area (Å²) in [5.41, 5.74) is 1.28. The molecule has 2 nitrogen and oxygen atoms in total. The fourth-order valence-electron chi connectivity index (χ4n) is 1.40. The molecule has 0 saturated heterocycles. The molecule has 1 aromatic carbocycles. The van der Waals surface area contributed by atoms with E-state index in [-0.39, 0.29) is 0 Å². The summed E-state index contributed by atoms with van der Waals surface area (Å²) in [5.74, 6) is 0.797. The Balaban J connectivity index is 1.85. The van der Waals surface area contributed by atoms with Gasteiger partial charge in [0.15, 0.2) is 0 Å². The molecule has 0 amide bonds. The maximum atomic E-state index is 5.60. The molecule has 2 aromatic rings. The Labute approximate surface area is 103 Å². The zero-order valence-corrected chi connectivity index (χ0v) is 10.4. The van der Waals surface area contributed by atoms with Gasteiger partial charge in [0.1, 0.15) is 5.75 Å². The zero-order chi connectivity index (χ0) is 11.2. The van der Waals surface area contributed by atoms with E-state index >= 15 is 0 Å². The second-order valence-electron chi connectivity index (χ2n) is 3.42. The Morgan fingerprint density at radius 1 is 1.12 bits per heavy atom. The van der Waals surface area contributed by atoms with Crippen LogP contribution in [0.25, 0.3) is 0 Å². The summed E-state index contributed by atoms with van der Waals surface area (Å²) < 4.78 is 6.53. The van der Waals surface area contributed by atoms with Crippen molar-refractivity contribution in [1.82, 2.24) is 4.98 Å². The maximum absolute atomic E-state index is 5.60. The summed E-state index contributed by atoms with van der Waals surface area (Å²) in [6, 6.07) is 12.2. The van der Waals surface area contributed by atoms with E-state index in [4.69, 9.17) is 4.74 Å². The van der Waals surface area contributed by atoms with Gasteiger partial charge in [0.05, 0.1) is 12.8 Å². The standard InChI is InChI=1S/C13H12BrNO/c14-12-8-13(10-15-9-12)16-7-6-11-4-2-1-3-5-11/h1-5,8-10H,6-7H2. The number of aromatic nitrogens is 1. The van der Waals surface area contributed by atoms with Crippen LogP contribution in [0.2, 0.25) is 0 Å². The van der Waals surface area contributed by atoms with Crippen LogP contribution < -0.4 is 4.74 Å². The summed E-state index contributed by atoms with van der Waals surface area (Å²) in [4.78, 5) is 4.04. The first-order valence-corrected chi connectivity index (χ1v) is 5.91. The van der Waals surface area contributed by atoms with E-state index in [1.807, 2.05) is 24.3 Å². The Morgan fingerprint density at radius 2 is 1.94 bits per heavy atom. The van der Waals surface area contributed by atoms with Gasteiger partial charge in [-0.2, -0.15) is 0 Å². The first kappa shape index (κ1) is 11.1. The number of benzene rings is 1. The topological polar surface area (TPSA) is 22.1 Å². The third-order valence-corrected chi connectivity index (χ3v) is 2.62. The predicted octanol–water partition coefficient (Wildman–Crippen LogP) is 3.47. The monoisotopic (exact) mass is 277 g/mol. The van der Waals surface area contributed by atoms with Crippen molar-refractivity contribution in [1.29, 1.82) is 0 Å². The lowest BCUT2D eigenvalue weighted by molar-refractivity contribution is 0.320. The summed E-state index contributed by atoms with van der Waals surface area (Å²) in [6.45, 7) is 0.669. The molecule has 0 saturated carbocycles. The van der Waals surface area contributed by atoms with Crippen molar-refractivity contribution in [3.8, 4) is 5.75 Å². The molecule has 0 N–H and O–H groups in total. The number of rotatable bonds is 4. The molecule has 0 fully saturated rings. The molecule has 0 radical (unpaired) electrons. The molecule has 2 rings (SSSR count). The highest BCUT2D eigenvalue weighted by Gasteiger charge is 1.96. The smallest absolute Gasteiger partial charge is 0.138 e. The fraction of sp³-hybridized carbons (Fsp3) is 0.154. The Kier molecular flexibility index (Phi) is 3.94. The van der Waals surface area contributed by atoms with Crippen LogP contribution in [0, 0.1) is 0 Å². The highest BCUT2D eigenvalue weighted by molar-refractivity contribution is 9.10. The predicted molar refractivity (Wildman–Crippen MR) is 67.6 cm³/mol. The normalized spacial score (nSPS) is 10.1. The molecule has 0 aliphatic heterocycles. The molecule has 1 aromatic heterocycles. The molecule has 16 heavy (non-hydrogen) atoms. The van der Waals surface area contributed by atoms with E-state index in [0.29, 0.717) is 6.61 Å². The number of pyridine rings is 1. The Morgan fingerprint density at radius 3 is 2.69 bits per heavy atom. The zero-order valence-electron chi connectivity index (χ0n) is 8.77. The van der Waals surface area contributed by atoms with Crippen LogP contribution in [0.4, 0.5) is 0 Å². The third-order valence-electron chi connectivity index (χ3n) is 2.18. The average Bonchev–Trinajstić information content (AvgIpc) is 2.30. The van der Waals surface area contributed by atoms with Crippen molar-refractivity contribution in [2.75, 3.05) is 6.61 Å². The Bertz CT molecular complexity index is 445. The van der Waals surface area contributed by atoms with Crippen molar-refractivity contribution in [2.45, 2.75) is 6.42 Å². The summed E-state index contributed by atoms with van der Waals surface area (Å²) in [6.07, 6.45) is 4.37. The molecule has 0 atom stereocenters. The first-order valence-electron chi connectivity index (χ1n) is 5.12. The minimum Gasteiger partial charge on any atom is -0.492 e. The number of ether oxygens (including phenoxy) is 1.